The zero-order chi connectivity index (χ0) is 32.7. The molecule has 0 spiro atoms. The van der Waals surface area contributed by atoms with E-state index in [-0.39, 0.29) is 24.3 Å². The summed E-state index contributed by atoms with van der Waals surface area (Å²) in [4.78, 5) is 30.6. The molecule has 0 aliphatic carbocycles. The maximum absolute atomic E-state index is 13.3. The number of carbonyl (C=O) groups excluding carboxylic acids is 2. The first-order valence-electron chi connectivity index (χ1n) is 18.6. The highest BCUT2D eigenvalue weighted by molar-refractivity contribution is 5.84. The Morgan fingerprint density at radius 1 is 0.659 bits per heavy atom. The molecule has 2 atom stereocenters. The Morgan fingerprint density at radius 2 is 1.05 bits per heavy atom. The van der Waals surface area contributed by atoms with Gasteiger partial charge < -0.3 is 21.7 Å². The summed E-state index contributed by atoms with van der Waals surface area (Å²) in [5.74, 6) is -0.0615. The van der Waals surface area contributed by atoms with Crippen LogP contribution in [0.4, 0.5) is 0 Å². The second-order valence-electron chi connectivity index (χ2n) is 13.0. The summed E-state index contributed by atoms with van der Waals surface area (Å²) in [6.07, 6.45) is 29.6. The molecule has 0 radical (unpaired) electrons. The summed E-state index contributed by atoms with van der Waals surface area (Å²) < 4.78 is 0. The van der Waals surface area contributed by atoms with Crippen molar-refractivity contribution in [3.63, 3.8) is 0 Å². The molecule has 2 amide bonds. The van der Waals surface area contributed by atoms with E-state index >= 15 is 0 Å². The molecular weight excluding hydrogens is 550 g/mol. The minimum Gasteiger partial charge on any atom is -0.349 e. The van der Waals surface area contributed by atoms with Gasteiger partial charge in [0.1, 0.15) is 6.04 Å². The Morgan fingerprint density at radius 3 is 1.43 bits per heavy atom. The summed E-state index contributed by atoms with van der Waals surface area (Å²) in [5, 5.41) is 2.84. The highest BCUT2D eigenvalue weighted by Crippen LogP contribution is 2.14. The van der Waals surface area contributed by atoms with Crippen LogP contribution in [-0.2, 0) is 9.59 Å². The van der Waals surface area contributed by atoms with Crippen molar-refractivity contribution in [2.24, 2.45) is 17.2 Å². The fraction of sp³-hybridized carbons (Fsp3) is 0.914. The van der Waals surface area contributed by atoms with Crippen molar-refractivity contribution >= 4 is 17.8 Å². The lowest BCUT2D eigenvalue weighted by Gasteiger charge is -2.26. The van der Waals surface area contributed by atoms with Gasteiger partial charge >= 0.3 is 5.96 Å². The first-order chi connectivity index (χ1) is 21.3. The number of rotatable bonds is 32. The van der Waals surface area contributed by atoms with Crippen LogP contribution in [0.1, 0.15) is 168 Å². The average Bonchev–Trinajstić information content (AvgIpc) is 3.01. The SMILES string of the molecule is CCCCCCCCCCCCCCN(CCCCCCCCCCCC)C(=O)C(N)CNC(=O)C([NH3+])CCC[NH+]=C(N)N. The van der Waals surface area contributed by atoms with Crippen molar-refractivity contribution in [3.05, 3.63) is 0 Å². The number of guanidine groups is 1. The third kappa shape index (κ3) is 26.5. The van der Waals surface area contributed by atoms with Gasteiger partial charge in [-0.25, -0.2) is 0 Å². The van der Waals surface area contributed by atoms with Crippen molar-refractivity contribution in [3.8, 4) is 0 Å². The van der Waals surface area contributed by atoms with E-state index in [0.717, 1.165) is 45.2 Å². The Labute approximate surface area is 271 Å². The van der Waals surface area contributed by atoms with E-state index in [1.54, 1.807) is 0 Å². The van der Waals surface area contributed by atoms with Crippen molar-refractivity contribution < 1.29 is 20.3 Å². The molecule has 9 nitrogen and oxygen atoms in total. The van der Waals surface area contributed by atoms with Crippen LogP contribution in [0, 0.1) is 0 Å². The standard InChI is InChI=1S/C35H73N7O2/c1-3-5-7-9-11-13-15-16-18-20-22-24-29-42(28-23-21-19-17-14-12-10-8-6-4-2)34(44)32(37)30-41-33(43)31(36)26-25-27-40-35(38)39/h31-32H,3-30,36-37H2,1-2H3,(H,41,43)(H4,38,39,40)/p+2. The van der Waals surface area contributed by atoms with E-state index < -0.39 is 12.1 Å². The van der Waals surface area contributed by atoms with Crippen LogP contribution in [0.15, 0.2) is 0 Å². The number of quaternary nitrogens is 1. The molecule has 0 aromatic heterocycles. The lowest BCUT2D eigenvalue weighted by Crippen LogP contribution is -2.78. The van der Waals surface area contributed by atoms with Gasteiger partial charge in [-0.15, -0.1) is 0 Å². The number of unbranched alkanes of at least 4 members (excludes halogenated alkanes) is 20. The Balaban J connectivity index is 4.48. The lowest BCUT2D eigenvalue weighted by atomic mass is 10.0. The molecule has 0 aromatic carbocycles. The predicted molar refractivity (Wildman–Crippen MR) is 186 cm³/mol. The minimum absolute atomic E-state index is 0.0527. The monoisotopic (exact) mass is 626 g/mol. The fourth-order valence-electron chi connectivity index (χ4n) is 5.65. The molecule has 0 rings (SSSR count). The third-order valence-electron chi connectivity index (χ3n) is 8.62. The molecule has 0 saturated heterocycles. The van der Waals surface area contributed by atoms with Crippen LogP contribution in [-0.4, -0.2) is 60.9 Å². The van der Waals surface area contributed by atoms with Gasteiger partial charge in [0.05, 0.1) is 6.54 Å². The zero-order valence-electron chi connectivity index (χ0n) is 29.2. The number of hydrogen-bond donors (Lipinski definition) is 6. The van der Waals surface area contributed by atoms with Crippen LogP contribution in [0.3, 0.4) is 0 Å². The van der Waals surface area contributed by atoms with Crippen LogP contribution in [0.5, 0.6) is 0 Å². The number of nitrogens with one attached hydrogen (secondary N) is 2. The molecule has 0 aliphatic heterocycles. The van der Waals surface area contributed by atoms with Crippen LogP contribution >= 0.6 is 0 Å². The van der Waals surface area contributed by atoms with Gasteiger partial charge in [0.15, 0.2) is 6.04 Å². The number of amides is 2. The minimum atomic E-state index is -0.736. The molecule has 44 heavy (non-hydrogen) atoms. The van der Waals surface area contributed by atoms with Crippen LogP contribution in [0.2, 0.25) is 0 Å². The highest BCUT2D eigenvalue weighted by atomic mass is 16.2. The van der Waals surface area contributed by atoms with E-state index in [4.69, 9.17) is 17.2 Å². The average molecular weight is 626 g/mol. The highest BCUT2D eigenvalue weighted by Gasteiger charge is 2.23. The molecule has 0 aliphatic rings. The summed E-state index contributed by atoms with van der Waals surface area (Å²) in [6, 6.07) is -1.15. The molecule has 260 valence electrons. The molecule has 0 fully saturated rings. The van der Waals surface area contributed by atoms with Gasteiger partial charge in [0, 0.05) is 26.1 Å². The van der Waals surface area contributed by atoms with Crippen molar-refractivity contribution in [2.75, 3.05) is 26.2 Å². The van der Waals surface area contributed by atoms with E-state index in [2.05, 4.69) is 29.9 Å². The lowest BCUT2D eigenvalue weighted by molar-refractivity contribution is -0.463. The molecule has 2 unspecified atom stereocenters. The summed E-state index contributed by atoms with van der Waals surface area (Å²) in [6.45, 7) is 6.76. The second kappa shape index (κ2) is 31.1. The maximum Gasteiger partial charge on any atom is 0.338 e. The van der Waals surface area contributed by atoms with Crippen LogP contribution in [0.25, 0.3) is 0 Å². The molecule has 0 saturated carbocycles. The molecular formula is C35H75N7O2+2. The van der Waals surface area contributed by atoms with Gasteiger partial charge in [0.25, 0.3) is 5.91 Å². The van der Waals surface area contributed by atoms with Crippen LogP contribution < -0.4 is 33.2 Å². The number of nitrogens with zero attached hydrogens (tertiary/aromatic N) is 1. The number of nitrogens with two attached hydrogens (primary N) is 3. The van der Waals surface area contributed by atoms with Gasteiger partial charge in [-0.1, -0.05) is 142 Å². The maximum atomic E-state index is 13.3. The van der Waals surface area contributed by atoms with E-state index in [1.165, 1.54) is 116 Å². The van der Waals surface area contributed by atoms with Gasteiger partial charge in [-0.05, 0) is 19.3 Å². The van der Waals surface area contributed by atoms with Crippen molar-refractivity contribution in [2.45, 2.75) is 180 Å². The zero-order valence-corrected chi connectivity index (χ0v) is 29.2. The first kappa shape index (κ1) is 42.1. The molecule has 9 heteroatoms. The topological polar surface area (TPSA) is 169 Å². The molecule has 11 N–H and O–H groups in total. The Bertz CT molecular complexity index is 701. The molecule has 0 bridgehead atoms. The number of hydrogen-bond acceptors (Lipinski definition) is 3. The Hall–Kier alpha value is -1.87. The summed E-state index contributed by atoms with van der Waals surface area (Å²) >= 11 is 0. The van der Waals surface area contributed by atoms with Crippen molar-refractivity contribution in [1.29, 1.82) is 0 Å². The summed E-state index contributed by atoms with van der Waals surface area (Å²) in [5.41, 5.74) is 21.1. The van der Waals surface area contributed by atoms with Gasteiger partial charge in [-0.3, -0.25) is 26.0 Å². The van der Waals surface area contributed by atoms with Gasteiger partial charge in [-0.2, -0.15) is 0 Å². The predicted octanol–water partition coefficient (Wildman–Crippen LogP) is 3.63. The number of carbonyl (C=O) groups is 2. The molecule has 0 heterocycles. The second-order valence-corrected chi connectivity index (χ2v) is 13.0. The smallest absolute Gasteiger partial charge is 0.338 e. The largest absolute Gasteiger partial charge is 0.349 e. The van der Waals surface area contributed by atoms with Gasteiger partial charge in [0.2, 0.25) is 5.91 Å². The normalized spacial score (nSPS) is 12.5. The van der Waals surface area contributed by atoms with E-state index in [9.17, 15) is 9.59 Å². The molecule has 0 aromatic rings. The first-order valence-corrected chi connectivity index (χ1v) is 18.6. The van der Waals surface area contributed by atoms with E-state index in [1.807, 2.05) is 4.90 Å². The van der Waals surface area contributed by atoms with E-state index in [0.29, 0.717) is 13.0 Å². The summed E-state index contributed by atoms with van der Waals surface area (Å²) in [7, 11) is 0. The quantitative estimate of drug-likeness (QED) is 0.0381. The Kier molecular flexibility index (Phi) is 29.8. The van der Waals surface area contributed by atoms with Crippen molar-refractivity contribution in [1.82, 2.24) is 10.2 Å². The third-order valence-corrected chi connectivity index (χ3v) is 8.62. The fourth-order valence-corrected chi connectivity index (χ4v) is 5.65.